The smallest absolute Gasteiger partial charge is 0.227 e. The van der Waals surface area contributed by atoms with Crippen molar-refractivity contribution in [3.8, 4) is 0 Å². The maximum absolute atomic E-state index is 11.5. The van der Waals surface area contributed by atoms with Crippen molar-refractivity contribution in [1.29, 1.82) is 0 Å². The van der Waals surface area contributed by atoms with Gasteiger partial charge in [-0.05, 0) is 12.3 Å². The number of aryl methyl sites for hydroxylation is 1. The van der Waals surface area contributed by atoms with E-state index in [4.69, 9.17) is 4.74 Å². The monoisotopic (exact) mass is 239 g/mol. The molecule has 0 aromatic carbocycles. The normalized spacial score (nSPS) is 10.8. The standard InChI is InChI=1S/C12H21N3O2/c1-4-10-7-11(15-14-10)13-12(16)5-6-17-8-9(2)3/h7,9H,4-6,8H2,1-3H3,(H2,13,14,15,16). The molecule has 0 saturated heterocycles. The van der Waals surface area contributed by atoms with Gasteiger partial charge in [-0.25, -0.2) is 0 Å². The van der Waals surface area contributed by atoms with Gasteiger partial charge in [0.2, 0.25) is 5.91 Å². The average Bonchev–Trinajstić information content (AvgIpc) is 2.72. The summed E-state index contributed by atoms with van der Waals surface area (Å²) in [5.41, 5.74) is 1.01. The number of hydrogen-bond acceptors (Lipinski definition) is 3. The van der Waals surface area contributed by atoms with Crippen molar-refractivity contribution in [2.75, 3.05) is 18.5 Å². The Morgan fingerprint density at radius 2 is 2.35 bits per heavy atom. The van der Waals surface area contributed by atoms with E-state index in [0.29, 0.717) is 31.4 Å². The number of anilines is 1. The first-order chi connectivity index (χ1) is 8.11. The highest BCUT2D eigenvalue weighted by atomic mass is 16.5. The van der Waals surface area contributed by atoms with Crippen LogP contribution in [-0.2, 0) is 16.0 Å². The third kappa shape index (κ3) is 5.49. The van der Waals surface area contributed by atoms with Gasteiger partial charge in [0, 0.05) is 18.4 Å². The number of ether oxygens (including phenoxy) is 1. The molecule has 0 aliphatic carbocycles. The zero-order chi connectivity index (χ0) is 12.7. The van der Waals surface area contributed by atoms with Gasteiger partial charge in [0.05, 0.1) is 13.0 Å². The van der Waals surface area contributed by atoms with Gasteiger partial charge < -0.3 is 10.1 Å². The molecule has 2 N–H and O–H groups in total. The van der Waals surface area contributed by atoms with Crippen molar-refractivity contribution in [2.45, 2.75) is 33.6 Å². The minimum Gasteiger partial charge on any atom is -0.381 e. The molecular weight excluding hydrogens is 218 g/mol. The predicted molar refractivity (Wildman–Crippen MR) is 66.9 cm³/mol. The summed E-state index contributed by atoms with van der Waals surface area (Å²) in [7, 11) is 0. The van der Waals surface area contributed by atoms with E-state index in [1.54, 1.807) is 0 Å². The van der Waals surface area contributed by atoms with Crippen molar-refractivity contribution in [3.05, 3.63) is 11.8 Å². The van der Waals surface area contributed by atoms with E-state index in [1.807, 2.05) is 13.0 Å². The summed E-state index contributed by atoms with van der Waals surface area (Å²) in [6.45, 7) is 7.33. The summed E-state index contributed by atoms with van der Waals surface area (Å²) in [5.74, 6) is 1.01. The molecule has 1 amide bonds. The van der Waals surface area contributed by atoms with Gasteiger partial charge in [-0.1, -0.05) is 20.8 Å². The van der Waals surface area contributed by atoms with E-state index in [9.17, 15) is 4.79 Å². The Morgan fingerprint density at radius 1 is 1.59 bits per heavy atom. The Labute approximate surface area is 102 Å². The van der Waals surface area contributed by atoms with E-state index < -0.39 is 0 Å². The zero-order valence-electron chi connectivity index (χ0n) is 10.7. The Hall–Kier alpha value is -1.36. The van der Waals surface area contributed by atoms with Crippen LogP contribution in [0.5, 0.6) is 0 Å². The fourth-order valence-corrected chi connectivity index (χ4v) is 1.30. The number of aromatic amines is 1. The van der Waals surface area contributed by atoms with Crippen LogP contribution in [0.15, 0.2) is 6.07 Å². The number of aromatic nitrogens is 2. The molecule has 1 aromatic rings. The van der Waals surface area contributed by atoms with Gasteiger partial charge in [-0.2, -0.15) is 5.10 Å². The molecule has 0 aliphatic heterocycles. The summed E-state index contributed by atoms with van der Waals surface area (Å²) in [5, 5.41) is 9.56. The van der Waals surface area contributed by atoms with Gasteiger partial charge in [0.1, 0.15) is 0 Å². The largest absolute Gasteiger partial charge is 0.381 e. The first-order valence-electron chi connectivity index (χ1n) is 6.03. The van der Waals surface area contributed by atoms with Crippen LogP contribution in [0, 0.1) is 5.92 Å². The highest BCUT2D eigenvalue weighted by Crippen LogP contribution is 2.06. The number of carbonyl (C=O) groups excluding carboxylic acids is 1. The molecule has 0 saturated carbocycles. The predicted octanol–water partition coefficient (Wildman–Crippen LogP) is 1.97. The van der Waals surface area contributed by atoms with Gasteiger partial charge in [-0.3, -0.25) is 9.89 Å². The molecule has 1 heterocycles. The molecule has 0 unspecified atom stereocenters. The fourth-order valence-electron chi connectivity index (χ4n) is 1.30. The quantitative estimate of drug-likeness (QED) is 0.715. The first kappa shape index (κ1) is 13.7. The summed E-state index contributed by atoms with van der Waals surface area (Å²) in [4.78, 5) is 11.5. The second-order valence-electron chi connectivity index (χ2n) is 4.40. The van der Waals surface area contributed by atoms with Gasteiger partial charge in [0.25, 0.3) is 0 Å². The fraction of sp³-hybridized carbons (Fsp3) is 0.667. The highest BCUT2D eigenvalue weighted by Gasteiger charge is 2.05. The molecule has 17 heavy (non-hydrogen) atoms. The number of rotatable bonds is 7. The van der Waals surface area contributed by atoms with Crippen LogP contribution >= 0.6 is 0 Å². The number of H-pyrrole nitrogens is 1. The molecule has 5 heteroatoms. The molecule has 0 bridgehead atoms. The van der Waals surface area contributed by atoms with Crippen LogP contribution in [0.1, 0.15) is 32.9 Å². The van der Waals surface area contributed by atoms with Crippen LogP contribution in [0.3, 0.4) is 0 Å². The van der Waals surface area contributed by atoms with Gasteiger partial charge in [-0.15, -0.1) is 0 Å². The Bertz CT molecular complexity index is 347. The topological polar surface area (TPSA) is 67.0 Å². The van der Waals surface area contributed by atoms with Crippen LogP contribution in [0.4, 0.5) is 5.82 Å². The van der Waals surface area contributed by atoms with Crippen LogP contribution in [0.2, 0.25) is 0 Å². The molecule has 5 nitrogen and oxygen atoms in total. The number of amides is 1. The minimum absolute atomic E-state index is 0.0668. The Morgan fingerprint density at radius 3 is 2.94 bits per heavy atom. The van der Waals surface area contributed by atoms with E-state index >= 15 is 0 Å². The Balaban J connectivity index is 2.20. The number of nitrogens with zero attached hydrogens (tertiary/aromatic N) is 1. The van der Waals surface area contributed by atoms with Crippen LogP contribution < -0.4 is 5.32 Å². The number of nitrogens with one attached hydrogen (secondary N) is 2. The summed E-state index contributed by atoms with van der Waals surface area (Å²) >= 11 is 0. The number of hydrogen-bond donors (Lipinski definition) is 2. The minimum atomic E-state index is -0.0668. The lowest BCUT2D eigenvalue weighted by atomic mass is 10.2. The van der Waals surface area contributed by atoms with E-state index in [1.165, 1.54) is 0 Å². The maximum Gasteiger partial charge on any atom is 0.227 e. The SMILES string of the molecule is CCc1cc(NC(=O)CCOCC(C)C)n[nH]1. The summed E-state index contributed by atoms with van der Waals surface area (Å²) < 4.78 is 5.34. The Kier molecular flexibility index (Phi) is 5.69. The van der Waals surface area contributed by atoms with Crippen LogP contribution in [0.25, 0.3) is 0 Å². The van der Waals surface area contributed by atoms with Crippen molar-refractivity contribution in [1.82, 2.24) is 10.2 Å². The number of carbonyl (C=O) groups is 1. The van der Waals surface area contributed by atoms with Crippen molar-refractivity contribution < 1.29 is 9.53 Å². The highest BCUT2D eigenvalue weighted by molar-refractivity contribution is 5.89. The lowest BCUT2D eigenvalue weighted by Crippen LogP contribution is -2.15. The second-order valence-corrected chi connectivity index (χ2v) is 4.40. The second kappa shape index (κ2) is 7.06. The molecule has 0 radical (unpaired) electrons. The first-order valence-corrected chi connectivity index (χ1v) is 6.03. The van der Waals surface area contributed by atoms with Crippen molar-refractivity contribution in [2.24, 2.45) is 5.92 Å². The van der Waals surface area contributed by atoms with Gasteiger partial charge >= 0.3 is 0 Å². The van der Waals surface area contributed by atoms with Crippen molar-refractivity contribution in [3.63, 3.8) is 0 Å². The molecule has 1 rings (SSSR count). The summed E-state index contributed by atoms with van der Waals surface area (Å²) in [6.07, 6.45) is 1.24. The van der Waals surface area contributed by atoms with Gasteiger partial charge in [0.15, 0.2) is 5.82 Å². The van der Waals surface area contributed by atoms with Crippen LogP contribution in [-0.4, -0.2) is 29.3 Å². The lowest BCUT2D eigenvalue weighted by molar-refractivity contribution is -0.117. The molecule has 0 atom stereocenters. The molecule has 96 valence electrons. The third-order valence-corrected chi connectivity index (χ3v) is 2.20. The average molecular weight is 239 g/mol. The van der Waals surface area contributed by atoms with Crippen molar-refractivity contribution >= 4 is 11.7 Å². The van der Waals surface area contributed by atoms with E-state index in [-0.39, 0.29) is 5.91 Å². The summed E-state index contributed by atoms with van der Waals surface area (Å²) in [6, 6.07) is 1.84. The molecular formula is C12H21N3O2. The third-order valence-electron chi connectivity index (χ3n) is 2.20. The molecule has 0 spiro atoms. The van der Waals surface area contributed by atoms with E-state index in [0.717, 1.165) is 12.1 Å². The lowest BCUT2D eigenvalue weighted by Gasteiger charge is -2.06. The zero-order valence-corrected chi connectivity index (χ0v) is 10.7. The molecule has 0 fully saturated rings. The maximum atomic E-state index is 11.5. The molecule has 0 aliphatic rings. The molecule has 1 aromatic heterocycles. The van der Waals surface area contributed by atoms with E-state index in [2.05, 4.69) is 29.4 Å².